The molecule has 0 aromatic carbocycles. The third kappa shape index (κ3) is 4.26. The van der Waals surface area contributed by atoms with Crippen LogP contribution < -0.4 is 4.90 Å². The first-order chi connectivity index (χ1) is 15.7. The minimum Gasteiger partial charge on any atom is -0.370 e. The van der Waals surface area contributed by atoms with Gasteiger partial charge in [0.2, 0.25) is 5.95 Å². The van der Waals surface area contributed by atoms with Crippen LogP contribution in [0.25, 0.3) is 11.0 Å². The first kappa shape index (κ1) is 22.0. The van der Waals surface area contributed by atoms with Crippen molar-refractivity contribution in [3.63, 3.8) is 0 Å². The number of aryl methyl sites for hydroxylation is 3. The molecule has 1 aliphatic heterocycles. The molecule has 2 fully saturated rings. The van der Waals surface area contributed by atoms with Crippen LogP contribution in [0.2, 0.25) is 0 Å². The van der Waals surface area contributed by atoms with E-state index in [1.54, 1.807) is 6.20 Å². The Kier molecular flexibility index (Phi) is 5.47. The second-order valence-corrected chi connectivity index (χ2v) is 9.11. The molecule has 3 aromatic heterocycles. The molecule has 9 heteroatoms. The van der Waals surface area contributed by atoms with E-state index in [0.29, 0.717) is 37.0 Å². The molecule has 1 saturated heterocycles. The van der Waals surface area contributed by atoms with Crippen LogP contribution in [0.5, 0.6) is 0 Å². The van der Waals surface area contributed by atoms with Gasteiger partial charge in [0.25, 0.3) is 0 Å². The number of alkyl halides is 3. The largest absolute Gasteiger partial charge is 0.391 e. The topological polar surface area (TPSA) is 64.0 Å². The second kappa shape index (κ2) is 8.20. The average Bonchev–Trinajstić information content (AvgIpc) is 2.73. The summed E-state index contributed by atoms with van der Waals surface area (Å²) in [6.45, 7) is 7.45. The van der Waals surface area contributed by atoms with Crippen molar-refractivity contribution in [3.8, 4) is 0 Å². The van der Waals surface area contributed by atoms with Crippen molar-refractivity contribution in [2.45, 2.75) is 51.8 Å². The average molecular weight is 458 g/mol. The summed E-state index contributed by atoms with van der Waals surface area (Å²) < 4.78 is 45.4. The van der Waals surface area contributed by atoms with Gasteiger partial charge < -0.3 is 9.64 Å². The summed E-state index contributed by atoms with van der Waals surface area (Å²) in [7, 11) is 0. The SMILES string of the molecule is Cc1cc([C@H]2CN(c3nc(C4CC(C(F)(F)F)C4)c4cc(C)c(C)nc4n3)CCO2)ccn1. The zero-order valence-corrected chi connectivity index (χ0v) is 18.9. The molecule has 0 spiro atoms. The summed E-state index contributed by atoms with van der Waals surface area (Å²) in [6, 6.07) is 5.90. The molecule has 4 heterocycles. The maximum atomic E-state index is 13.2. The van der Waals surface area contributed by atoms with E-state index in [0.717, 1.165) is 27.9 Å². The first-order valence-corrected chi connectivity index (χ1v) is 11.2. The number of hydrogen-bond acceptors (Lipinski definition) is 6. The van der Waals surface area contributed by atoms with Crippen LogP contribution in [0.1, 0.15) is 53.1 Å². The monoisotopic (exact) mass is 457 g/mol. The number of fused-ring (bicyclic) bond motifs is 1. The highest BCUT2D eigenvalue weighted by atomic mass is 19.4. The Hall–Kier alpha value is -2.81. The summed E-state index contributed by atoms with van der Waals surface area (Å²) in [5.41, 5.74) is 4.99. The number of ether oxygens (including phenoxy) is 1. The molecule has 174 valence electrons. The van der Waals surface area contributed by atoms with Crippen molar-refractivity contribution < 1.29 is 17.9 Å². The van der Waals surface area contributed by atoms with Crippen LogP contribution in [0.3, 0.4) is 0 Å². The van der Waals surface area contributed by atoms with E-state index in [1.165, 1.54) is 0 Å². The first-order valence-electron chi connectivity index (χ1n) is 11.2. The van der Waals surface area contributed by atoms with Gasteiger partial charge in [0.15, 0.2) is 5.65 Å². The number of pyridine rings is 2. The van der Waals surface area contributed by atoms with E-state index in [-0.39, 0.29) is 24.9 Å². The number of hydrogen-bond donors (Lipinski definition) is 0. The summed E-state index contributed by atoms with van der Waals surface area (Å²) in [5.74, 6) is -1.01. The summed E-state index contributed by atoms with van der Waals surface area (Å²) in [5, 5.41) is 0.752. The fraction of sp³-hybridized carbons (Fsp3) is 0.500. The molecule has 3 aromatic rings. The van der Waals surface area contributed by atoms with Crippen molar-refractivity contribution in [3.05, 3.63) is 52.6 Å². The van der Waals surface area contributed by atoms with Gasteiger partial charge in [-0.25, -0.2) is 9.97 Å². The summed E-state index contributed by atoms with van der Waals surface area (Å²) in [6.07, 6.45) is -2.43. The van der Waals surface area contributed by atoms with E-state index >= 15 is 0 Å². The van der Waals surface area contributed by atoms with E-state index in [2.05, 4.69) is 9.97 Å². The fourth-order valence-corrected chi connectivity index (χ4v) is 4.62. The predicted molar refractivity (Wildman–Crippen MR) is 118 cm³/mol. The van der Waals surface area contributed by atoms with Crippen molar-refractivity contribution >= 4 is 17.0 Å². The van der Waals surface area contributed by atoms with Crippen LogP contribution in [0, 0.1) is 26.7 Å². The Morgan fingerprint density at radius 2 is 1.85 bits per heavy atom. The smallest absolute Gasteiger partial charge is 0.370 e. The van der Waals surface area contributed by atoms with E-state index in [9.17, 15) is 13.2 Å². The molecule has 1 saturated carbocycles. The van der Waals surface area contributed by atoms with Gasteiger partial charge in [0.05, 0.1) is 24.8 Å². The Morgan fingerprint density at radius 3 is 2.58 bits per heavy atom. The van der Waals surface area contributed by atoms with Crippen LogP contribution in [0.4, 0.5) is 19.1 Å². The fourth-order valence-electron chi connectivity index (χ4n) is 4.62. The van der Waals surface area contributed by atoms with Crippen LogP contribution >= 0.6 is 0 Å². The number of anilines is 1. The van der Waals surface area contributed by atoms with Crippen molar-refractivity contribution in [2.24, 2.45) is 5.92 Å². The molecular formula is C24H26F3N5O. The van der Waals surface area contributed by atoms with E-state index < -0.39 is 12.1 Å². The van der Waals surface area contributed by atoms with Gasteiger partial charge in [-0.3, -0.25) is 4.98 Å². The van der Waals surface area contributed by atoms with Crippen LogP contribution in [-0.2, 0) is 4.74 Å². The van der Waals surface area contributed by atoms with Crippen molar-refractivity contribution in [1.29, 1.82) is 0 Å². The molecule has 0 unspecified atom stereocenters. The summed E-state index contributed by atoms with van der Waals surface area (Å²) in [4.78, 5) is 20.5. The normalized spacial score (nSPS) is 23.6. The highest BCUT2D eigenvalue weighted by Gasteiger charge is 2.49. The Bertz CT molecular complexity index is 1190. The number of morpholine rings is 1. The second-order valence-electron chi connectivity index (χ2n) is 9.11. The van der Waals surface area contributed by atoms with Gasteiger partial charge in [0, 0.05) is 35.4 Å². The number of halogens is 3. The molecule has 0 radical (unpaired) electrons. The van der Waals surface area contributed by atoms with Gasteiger partial charge in [-0.1, -0.05) is 0 Å². The highest BCUT2D eigenvalue weighted by molar-refractivity contribution is 5.80. The quantitative estimate of drug-likeness (QED) is 0.553. The molecular weight excluding hydrogens is 431 g/mol. The lowest BCUT2D eigenvalue weighted by atomic mass is 9.72. The lowest BCUT2D eigenvalue weighted by Gasteiger charge is -2.37. The molecule has 5 rings (SSSR count). The van der Waals surface area contributed by atoms with E-state index in [4.69, 9.17) is 14.7 Å². The number of aromatic nitrogens is 4. The highest BCUT2D eigenvalue weighted by Crippen LogP contribution is 2.50. The van der Waals surface area contributed by atoms with Gasteiger partial charge >= 0.3 is 6.18 Å². The zero-order chi connectivity index (χ0) is 23.3. The lowest BCUT2D eigenvalue weighted by Crippen LogP contribution is -2.40. The third-order valence-electron chi connectivity index (χ3n) is 6.78. The van der Waals surface area contributed by atoms with Crippen LogP contribution in [-0.4, -0.2) is 45.8 Å². The molecule has 2 aliphatic rings. The molecule has 6 nitrogen and oxygen atoms in total. The Labute approximate surface area is 190 Å². The molecule has 33 heavy (non-hydrogen) atoms. The Balaban J connectivity index is 1.50. The maximum absolute atomic E-state index is 13.2. The van der Waals surface area contributed by atoms with Gasteiger partial charge in [-0.2, -0.15) is 18.2 Å². The summed E-state index contributed by atoms with van der Waals surface area (Å²) >= 11 is 0. The predicted octanol–water partition coefficient (Wildman–Crippen LogP) is 4.98. The maximum Gasteiger partial charge on any atom is 0.391 e. The van der Waals surface area contributed by atoms with Crippen molar-refractivity contribution in [2.75, 3.05) is 24.6 Å². The molecule has 0 amide bonds. The van der Waals surface area contributed by atoms with E-state index in [1.807, 2.05) is 43.9 Å². The number of nitrogens with zero attached hydrogens (tertiary/aromatic N) is 5. The minimum atomic E-state index is -4.16. The minimum absolute atomic E-state index is 0.0595. The number of rotatable bonds is 3. The van der Waals surface area contributed by atoms with Gasteiger partial charge in [-0.05, 0) is 62.9 Å². The molecule has 0 N–H and O–H groups in total. The molecule has 1 atom stereocenters. The van der Waals surface area contributed by atoms with Crippen molar-refractivity contribution in [1.82, 2.24) is 19.9 Å². The molecule has 1 aliphatic carbocycles. The standard InChI is InChI=1S/C24H26F3N5O/c1-13-8-19-21(17-10-18(11-17)24(25,26)27)30-23(31-22(19)29-15(13)3)32-6-7-33-20(12-32)16-4-5-28-14(2)9-16/h4-5,8-9,17-18,20H,6-7,10-12H2,1-3H3/t17?,18?,20-/m1/s1. The molecule has 0 bridgehead atoms. The Morgan fingerprint density at radius 1 is 1.06 bits per heavy atom. The lowest BCUT2D eigenvalue weighted by molar-refractivity contribution is -0.197. The van der Waals surface area contributed by atoms with Crippen LogP contribution in [0.15, 0.2) is 24.4 Å². The zero-order valence-electron chi connectivity index (χ0n) is 18.9. The van der Waals surface area contributed by atoms with Gasteiger partial charge in [0.1, 0.15) is 6.10 Å². The van der Waals surface area contributed by atoms with Gasteiger partial charge in [-0.15, -0.1) is 0 Å². The third-order valence-corrected chi connectivity index (χ3v) is 6.78.